The normalized spacial score (nSPS) is 13.6. The predicted molar refractivity (Wildman–Crippen MR) is 62.0 cm³/mol. The second-order valence-corrected chi connectivity index (χ2v) is 4.33. The van der Waals surface area contributed by atoms with Gasteiger partial charge in [-0.3, -0.25) is 0 Å². The molecule has 0 aromatic heterocycles. The van der Waals surface area contributed by atoms with Crippen molar-refractivity contribution < 1.29 is 0 Å². The molecule has 0 heteroatoms. The summed E-state index contributed by atoms with van der Waals surface area (Å²) in [5.41, 5.74) is 0. The zero-order chi connectivity index (χ0) is 10.1. The van der Waals surface area contributed by atoms with E-state index in [0.717, 1.165) is 11.8 Å². The van der Waals surface area contributed by atoms with E-state index in [0.29, 0.717) is 0 Å². The highest BCUT2D eigenvalue weighted by molar-refractivity contribution is 4.63. The first-order valence-electron chi connectivity index (χ1n) is 6.28. The molecule has 80 valence electrons. The number of unbranched alkanes of at least 4 members (excludes halogenated alkanes) is 1. The summed E-state index contributed by atoms with van der Waals surface area (Å²) < 4.78 is 0. The lowest BCUT2D eigenvalue weighted by atomic mass is 9.86. The fourth-order valence-corrected chi connectivity index (χ4v) is 2.07. The van der Waals surface area contributed by atoms with Crippen LogP contribution in [0.15, 0.2) is 0 Å². The highest BCUT2D eigenvalue weighted by Crippen LogP contribution is 2.25. The minimum atomic E-state index is 0.988. The van der Waals surface area contributed by atoms with E-state index in [1.807, 2.05) is 0 Å². The van der Waals surface area contributed by atoms with Gasteiger partial charge in [0.15, 0.2) is 0 Å². The molecule has 0 aromatic carbocycles. The smallest absolute Gasteiger partial charge is 0.0414 e. The van der Waals surface area contributed by atoms with E-state index in [-0.39, 0.29) is 0 Å². The molecule has 0 radical (unpaired) electrons. The van der Waals surface area contributed by atoms with Crippen LogP contribution in [-0.2, 0) is 0 Å². The summed E-state index contributed by atoms with van der Waals surface area (Å²) in [5.74, 6) is 1.99. The molecule has 0 aliphatic rings. The molecule has 0 N–H and O–H groups in total. The van der Waals surface area contributed by atoms with Gasteiger partial charge >= 0.3 is 0 Å². The third-order valence-electron chi connectivity index (χ3n) is 3.36. The van der Waals surface area contributed by atoms with Gasteiger partial charge in [-0.1, -0.05) is 66.2 Å². The van der Waals surface area contributed by atoms with Gasteiger partial charge in [-0.2, -0.15) is 0 Å². The van der Waals surface area contributed by atoms with E-state index >= 15 is 0 Å². The fourth-order valence-electron chi connectivity index (χ4n) is 2.07. The summed E-state index contributed by atoms with van der Waals surface area (Å²) >= 11 is 0. The van der Waals surface area contributed by atoms with Crippen molar-refractivity contribution in [2.45, 2.75) is 72.6 Å². The van der Waals surface area contributed by atoms with Crippen molar-refractivity contribution in [2.24, 2.45) is 11.8 Å². The monoisotopic (exact) mass is 184 g/mol. The molecule has 0 aliphatic heterocycles. The SMILES string of the molecule is CCCC[C@@H](CC)CC(CC)CC. The lowest BCUT2D eigenvalue weighted by Crippen LogP contribution is -2.07. The third-order valence-corrected chi connectivity index (χ3v) is 3.36. The lowest BCUT2D eigenvalue weighted by molar-refractivity contribution is 0.324. The molecule has 0 heterocycles. The summed E-state index contributed by atoms with van der Waals surface area (Å²) in [4.78, 5) is 0. The Morgan fingerprint density at radius 1 is 0.769 bits per heavy atom. The van der Waals surface area contributed by atoms with Crippen molar-refractivity contribution >= 4 is 0 Å². The van der Waals surface area contributed by atoms with Crippen molar-refractivity contribution in [1.82, 2.24) is 0 Å². The third kappa shape index (κ3) is 6.12. The molecule has 0 spiro atoms. The Kier molecular flexibility index (Phi) is 8.59. The summed E-state index contributed by atoms with van der Waals surface area (Å²) in [7, 11) is 0. The molecular formula is C13H28. The van der Waals surface area contributed by atoms with Gasteiger partial charge in [-0.15, -0.1) is 0 Å². The molecule has 0 bridgehead atoms. The van der Waals surface area contributed by atoms with Crippen LogP contribution in [-0.4, -0.2) is 0 Å². The maximum Gasteiger partial charge on any atom is -0.0414 e. The molecule has 1 atom stereocenters. The van der Waals surface area contributed by atoms with Crippen molar-refractivity contribution in [3.63, 3.8) is 0 Å². The van der Waals surface area contributed by atoms with Crippen LogP contribution >= 0.6 is 0 Å². The second-order valence-electron chi connectivity index (χ2n) is 4.33. The molecule has 0 aliphatic carbocycles. The quantitative estimate of drug-likeness (QED) is 0.496. The molecule has 0 unspecified atom stereocenters. The van der Waals surface area contributed by atoms with Crippen LogP contribution in [0.25, 0.3) is 0 Å². The largest absolute Gasteiger partial charge is 0.0654 e. The maximum absolute atomic E-state index is 2.35. The predicted octanol–water partition coefficient (Wildman–Crippen LogP) is 5.03. The van der Waals surface area contributed by atoms with Gasteiger partial charge in [0.1, 0.15) is 0 Å². The minimum Gasteiger partial charge on any atom is -0.0654 e. The number of hydrogen-bond acceptors (Lipinski definition) is 0. The van der Waals surface area contributed by atoms with E-state index in [1.165, 1.54) is 44.9 Å². The fraction of sp³-hybridized carbons (Fsp3) is 1.00. The summed E-state index contributed by atoms with van der Waals surface area (Å²) in [6.07, 6.45) is 9.86. The molecule has 0 saturated heterocycles. The minimum absolute atomic E-state index is 0.988. The van der Waals surface area contributed by atoms with E-state index in [9.17, 15) is 0 Å². The molecular weight excluding hydrogens is 156 g/mol. The Morgan fingerprint density at radius 2 is 1.31 bits per heavy atom. The molecule has 0 aromatic rings. The van der Waals surface area contributed by atoms with E-state index in [2.05, 4.69) is 27.7 Å². The van der Waals surface area contributed by atoms with Gasteiger partial charge in [-0.05, 0) is 18.3 Å². The lowest BCUT2D eigenvalue weighted by Gasteiger charge is -2.20. The molecule has 0 fully saturated rings. The van der Waals surface area contributed by atoms with Crippen molar-refractivity contribution in [2.75, 3.05) is 0 Å². The van der Waals surface area contributed by atoms with Crippen molar-refractivity contribution in [3.05, 3.63) is 0 Å². The Hall–Kier alpha value is 0. The highest BCUT2D eigenvalue weighted by Gasteiger charge is 2.11. The standard InChI is InChI=1S/C13H28/c1-5-9-10-13(8-4)11-12(6-2)7-3/h12-13H,5-11H2,1-4H3/t13-/m1/s1. The average Bonchev–Trinajstić information content (AvgIpc) is 2.19. The summed E-state index contributed by atoms with van der Waals surface area (Å²) in [6.45, 7) is 9.31. The number of hydrogen-bond donors (Lipinski definition) is 0. The second kappa shape index (κ2) is 8.59. The molecule has 13 heavy (non-hydrogen) atoms. The van der Waals surface area contributed by atoms with Crippen LogP contribution in [0, 0.1) is 11.8 Å². The van der Waals surface area contributed by atoms with Crippen LogP contribution < -0.4 is 0 Å². The van der Waals surface area contributed by atoms with Crippen LogP contribution in [0.3, 0.4) is 0 Å². The van der Waals surface area contributed by atoms with Gasteiger partial charge in [-0.25, -0.2) is 0 Å². The first-order valence-corrected chi connectivity index (χ1v) is 6.28. The molecule has 0 nitrogen and oxygen atoms in total. The van der Waals surface area contributed by atoms with Gasteiger partial charge < -0.3 is 0 Å². The Balaban J connectivity index is 3.67. The molecule has 0 rings (SSSR count). The van der Waals surface area contributed by atoms with Crippen molar-refractivity contribution in [3.8, 4) is 0 Å². The van der Waals surface area contributed by atoms with Crippen LogP contribution in [0.1, 0.15) is 72.6 Å². The van der Waals surface area contributed by atoms with E-state index in [4.69, 9.17) is 0 Å². The molecule has 0 amide bonds. The van der Waals surface area contributed by atoms with Crippen LogP contribution in [0.4, 0.5) is 0 Å². The maximum atomic E-state index is 2.35. The van der Waals surface area contributed by atoms with Gasteiger partial charge in [0.25, 0.3) is 0 Å². The number of rotatable bonds is 8. The van der Waals surface area contributed by atoms with Crippen LogP contribution in [0.2, 0.25) is 0 Å². The summed E-state index contributed by atoms with van der Waals surface area (Å²) in [6, 6.07) is 0. The highest BCUT2D eigenvalue weighted by atomic mass is 14.2. The van der Waals surface area contributed by atoms with E-state index in [1.54, 1.807) is 0 Å². The Morgan fingerprint density at radius 3 is 1.69 bits per heavy atom. The molecule has 0 saturated carbocycles. The Bertz CT molecular complexity index is 92.2. The van der Waals surface area contributed by atoms with Gasteiger partial charge in [0.2, 0.25) is 0 Å². The van der Waals surface area contributed by atoms with Gasteiger partial charge in [0, 0.05) is 0 Å². The first-order chi connectivity index (χ1) is 6.28. The topological polar surface area (TPSA) is 0 Å². The van der Waals surface area contributed by atoms with E-state index < -0.39 is 0 Å². The van der Waals surface area contributed by atoms with Crippen LogP contribution in [0.5, 0.6) is 0 Å². The zero-order valence-electron chi connectivity index (χ0n) is 10.1. The van der Waals surface area contributed by atoms with Gasteiger partial charge in [0.05, 0.1) is 0 Å². The first kappa shape index (κ1) is 13.0. The zero-order valence-corrected chi connectivity index (χ0v) is 10.1. The Labute approximate surface area is 85.1 Å². The summed E-state index contributed by atoms with van der Waals surface area (Å²) in [5, 5.41) is 0. The van der Waals surface area contributed by atoms with Crippen molar-refractivity contribution in [1.29, 1.82) is 0 Å². The average molecular weight is 184 g/mol.